The number of aryl methyl sites for hydroxylation is 1. The number of carbonyl (C=O) groups is 1. The second-order valence-electron chi connectivity index (χ2n) is 5.93. The number of amides is 1. The third-order valence-electron chi connectivity index (χ3n) is 4.56. The highest BCUT2D eigenvalue weighted by atomic mass is 32.2. The molecule has 1 amide bonds. The fraction of sp³-hybridized carbons (Fsp3) is 0.643. The van der Waals surface area contributed by atoms with Gasteiger partial charge in [0.15, 0.2) is 0 Å². The third kappa shape index (κ3) is 2.74. The monoisotopic (exact) mass is 328 g/mol. The predicted molar refractivity (Wildman–Crippen MR) is 81.7 cm³/mol. The van der Waals surface area contributed by atoms with Gasteiger partial charge in [0.2, 0.25) is 5.91 Å². The van der Waals surface area contributed by atoms with Gasteiger partial charge in [0.25, 0.3) is 10.0 Å². The molecule has 2 fully saturated rings. The zero-order chi connectivity index (χ0) is 15.1. The Morgan fingerprint density at radius 3 is 2.57 bits per heavy atom. The Kier molecular flexibility index (Phi) is 3.83. The van der Waals surface area contributed by atoms with Crippen molar-refractivity contribution in [2.24, 2.45) is 5.41 Å². The molecule has 0 aromatic carbocycles. The highest BCUT2D eigenvalue weighted by molar-refractivity contribution is 7.91. The van der Waals surface area contributed by atoms with E-state index in [4.69, 9.17) is 0 Å². The van der Waals surface area contributed by atoms with Crippen molar-refractivity contribution in [1.29, 1.82) is 0 Å². The van der Waals surface area contributed by atoms with Crippen LogP contribution >= 0.6 is 11.3 Å². The van der Waals surface area contributed by atoms with Gasteiger partial charge in [-0.1, -0.05) is 6.92 Å². The number of nitrogens with zero attached hydrogens (tertiary/aromatic N) is 1. The highest BCUT2D eigenvalue weighted by Gasteiger charge is 2.43. The predicted octanol–water partition coefficient (Wildman–Crippen LogP) is 1.60. The molecule has 2 aliphatic rings. The normalized spacial score (nSPS) is 22.6. The second kappa shape index (κ2) is 5.37. The van der Waals surface area contributed by atoms with Crippen LogP contribution in [0.1, 0.15) is 31.1 Å². The first-order valence-electron chi connectivity index (χ1n) is 7.31. The van der Waals surface area contributed by atoms with Crippen molar-refractivity contribution in [3.63, 3.8) is 0 Å². The molecule has 7 heteroatoms. The average Bonchev–Trinajstić information content (AvgIpc) is 3.07. The van der Waals surface area contributed by atoms with Crippen molar-refractivity contribution in [3.05, 3.63) is 17.0 Å². The molecule has 0 aliphatic carbocycles. The molecular weight excluding hydrogens is 308 g/mol. The van der Waals surface area contributed by atoms with Gasteiger partial charge in [-0.15, -0.1) is 11.3 Å². The van der Waals surface area contributed by atoms with Crippen LogP contribution in [-0.4, -0.2) is 38.3 Å². The Bertz CT molecular complexity index is 643. The molecule has 2 saturated heterocycles. The summed E-state index contributed by atoms with van der Waals surface area (Å²) in [7, 11) is -3.36. The van der Waals surface area contributed by atoms with Gasteiger partial charge < -0.3 is 5.32 Å². The molecule has 1 aromatic rings. The molecule has 0 atom stereocenters. The number of nitrogens with one attached hydrogen (secondary N) is 1. The van der Waals surface area contributed by atoms with Gasteiger partial charge in [0, 0.05) is 30.9 Å². The highest BCUT2D eigenvalue weighted by Crippen LogP contribution is 2.39. The standard InChI is InChI=1S/C14H20N2O3S2/c1-2-11-3-4-13(20-11)21(18,19)16-7-5-14(6-8-16)9-12(17)15-10-14/h3-4H,2,5-10H2,1H3,(H,15,17). The minimum Gasteiger partial charge on any atom is -0.356 e. The lowest BCUT2D eigenvalue weighted by Crippen LogP contribution is -2.43. The molecule has 1 aromatic heterocycles. The van der Waals surface area contributed by atoms with E-state index in [0.717, 1.165) is 24.1 Å². The summed E-state index contributed by atoms with van der Waals surface area (Å²) in [5, 5.41) is 2.87. The van der Waals surface area contributed by atoms with E-state index in [-0.39, 0.29) is 11.3 Å². The SMILES string of the molecule is CCc1ccc(S(=O)(=O)N2CCC3(CC2)CNC(=O)C3)s1. The molecule has 3 heterocycles. The number of sulfonamides is 1. The molecule has 1 spiro atoms. The van der Waals surface area contributed by atoms with Gasteiger partial charge in [-0.2, -0.15) is 4.31 Å². The van der Waals surface area contributed by atoms with E-state index in [1.807, 2.05) is 13.0 Å². The molecule has 21 heavy (non-hydrogen) atoms. The van der Waals surface area contributed by atoms with Gasteiger partial charge in [-0.25, -0.2) is 8.42 Å². The first-order chi connectivity index (χ1) is 9.95. The Morgan fingerprint density at radius 1 is 1.33 bits per heavy atom. The number of hydrogen-bond donors (Lipinski definition) is 1. The second-order valence-corrected chi connectivity index (χ2v) is 9.26. The minimum atomic E-state index is -3.36. The summed E-state index contributed by atoms with van der Waals surface area (Å²) in [6.07, 6.45) is 2.92. The molecular formula is C14H20N2O3S2. The molecule has 0 radical (unpaired) electrons. The van der Waals surface area contributed by atoms with E-state index in [1.165, 1.54) is 11.3 Å². The maximum absolute atomic E-state index is 12.6. The topological polar surface area (TPSA) is 66.5 Å². The van der Waals surface area contributed by atoms with Crippen molar-refractivity contribution in [2.45, 2.75) is 36.8 Å². The van der Waals surface area contributed by atoms with E-state index in [0.29, 0.717) is 30.3 Å². The quantitative estimate of drug-likeness (QED) is 0.916. The molecule has 0 unspecified atom stereocenters. The van der Waals surface area contributed by atoms with Crippen LogP contribution in [-0.2, 0) is 21.2 Å². The fourth-order valence-corrected chi connectivity index (χ4v) is 6.01. The van der Waals surface area contributed by atoms with Gasteiger partial charge in [0.1, 0.15) is 4.21 Å². The van der Waals surface area contributed by atoms with Crippen LogP contribution in [0.3, 0.4) is 0 Å². The zero-order valence-electron chi connectivity index (χ0n) is 12.1. The molecule has 0 bridgehead atoms. The summed E-state index contributed by atoms with van der Waals surface area (Å²) >= 11 is 1.36. The fourth-order valence-electron chi connectivity index (χ4n) is 3.12. The third-order valence-corrected chi connectivity index (χ3v) is 8.15. The molecule has 0 saturated carbocycles. The van der Waals surface area contributed by atoms with Crippen LogP contribution in [0.2, 0.25) is 0 Å². The zero-order valence-corrected chi connectivity index (χ0v) is 13.7. The summed E-state index contributed by atoms with van der Waals surface area (Å²) < 4.78 is 27.3. The van der Waals surface area contributed by atoms with Crippen molar-refractivity contribution < 1.29 is 13.2 Å². The number of thiophene rings is 1. The smallest absolute Gasteiger partial charge is 0.252 e. The largest absolute Gasteiger partial charge is 0.356 e. The Morgan fingerprint density at radius 2 is 2.05 bits per heavy atom. The van der Waals surface area contributed by atoms with Gasteiger partial charge in [0.05, 0.1) is 0 Å². The summed E-state index contributed by atoms with van der Waals surface area (Å²) in [6, 6.07) is 3.60. The summed E-state index contributed by atoms with van der Waals surface area (Å²) in [6.45, 7) is 3.74. The maximum atomic E-state index is 12.6. The van der Waals surface area contributed by atoms with Crippen LogP contribution in [0.5, 0.6) is 0 Å². The van der Waals surface area contributed by atoms with Crippen molar-refractivity contribution in [3.8, 4) is 0 Å². The molecule has 5 nitrogen and oxygen atoms in total. The first-order valence-corrected chi connectivity index (χ1v) is 9.56. The van der Waals surface area contributed by atoms with E-state index in [1.54, 1.807) is 10.4 Å². The lowest BCUT2D eigenvalue weighted by molar-refractivity contribution is -0.119. The maximum Gasteiger partial charge on any atom is 0.252 e. The Labute approximate surface area is 129 Å². The Balaban J connectivity index is 1.72. The summed E-state index contributed by atoms with van der Waals surface area (Å²) in [4.78, 5) is 12.5. The molecule has 3 rings (SSSR count). The van der Waals surface area contributed by atoms with E-state index in [2.05, 4.69) is 5.32 Å². The van der Waals surface area contributed by atoms with Gasteiger partial charge >= 0.3 is 0 Å². The van der Waals surface area contributed by atoms with E-state index < -0.39 is 10.0 Å². The first kappa shape index (κ1) is 15.0. The lowest BCUT2D eigenvalue weighted by Gasteiger charge is -2.37. The van der Waals surface area contributed by atoms with E-state index in [9.17, 15) is 13.2 Å². The van der Waals surface area contributed by atoms with Crippen molar-refractivity contribution in [1.82, 2.24) is 9.62 Å². The number of piperidine rings is 1. The molecule has 116 valence electrons. The molecule has 2 aliphatic heterocycles. The number of hydrogen-bond acceptors (Lipinski definition) is 4. The van der Waals surface area contributed by atoms with Crippen molar-refractivity contribution >= 4 is 27.3 Å². The molecule has 1 N–H and O–H groups in total. The van der Waals surface area contributed by atoms with Crippen LogP contribution in [0.25, 0.3) is 0 Å². The van der Waals surface area contributed by atoms with Gasteiger partial charge in [-0.3, -0.25) is 4.79 Å². The van der Waals surface area contributed by atoms with E-state index >= 15 is 0 Å². The summed E-state index contributed by atoms with van der Waals surface area (Å²) in [5.74, 6) is 0.0946. The van der Waals surface area contributed by atoms with Crippen molar-refractivity contribution in [2.75, 3.05) is 19.6 Å². The number of rotatable bonds is 3. The average molecular weight is 328 g/mol. The minimum absolute atomic E-state index is 0.0207. The van der Waals surface area contributed by atoms with Crippen LogP contribution in [0.15, 0.2) is 16.3 Å². The van der Waals surface area contributed by atoms with Crippen LogP contribution in [0, 0.1) is 5.41 Å². The number of carbonyl (C=O) groups excluding carboxylic acids is 1. The summed E-state index contributed by atoms with van der Waals surface area (Å²) in [5.41, 5.74) is -0.0207. The van der Waals surface area contributed by atoms with Crippen LogP contribution in [0.4, 0.5) is 0 Å². The van der Waals surface area contributed by atoms with Crippen LogP contribution < -0.4 is 5.32 Å². The lowest BCUT2D eigenvalue weighted by atomic mass is 9.78. The Hall–Kier alpha value is -0.920. The van der Waals surface area contributed by atoms with Gasteiger partial charge in [-0.05, 0) is 36.8 Å².